The molecule has 0 bridgehead atoms. The first-order valence-electron chi connectivity index (χ1n) is 4.75. The number of benzene rings is 1. The first kappa shape index (κ1) is 9.58. The lowest BCUT2D eigenvalue weighted by Gasteiger charge is -1.99. The number of nitrogen functional groups attached to an aromatic ring is 1. The Morgan fingerprint density at radius 2 is 2.27 bits per heavy atom. The molecule has 4 nitrogen and oxygen atoms in total. The van der Waals surface area contributed by atoms with Gasteiger partial charge in [0.25, 0.3) is 0 Å². The number of carbonyl (C=O) groups is 1. The Hall–Kier alpha value is -1.97. The van der Waals surface area contributed by atoms with E-state index in [1.54, 1.807) is 18.3 Å². The van der Waals surface area contributed by atoms with E-state index in [1.165, 1.54) is 0 Å². The molecule has 1 aromatic heterocycles. The summed E-state index contributed by atoms with van der Waals surface area (Å²) in [5, 5.41) is 9.73. The van der Waals surface area contributed by atoms with Crippen LogP contribution in [0.1, 0.15) is 17.3 Å². The van der Waals surface area contributed by atoms with Crippen LogP contribution in [0.3, 0.4) is 0 Å². The molecule has 0 aliphatic carbocycles. The standard InChI is InChI=1S/C11H12N2O2/c1-2-13-6-9(11(14)15)8-5-7(12)3-4-10(8)13/h3-6H,2,12H2,1H3,(H,14,15). The largest absolute Gasteiger partial charge is 0.478 e. The number of carboxylic acids is 1. The fourth-order valence-electron chi connectivity index (χ4n) is 1.75. The zero-order valence-electron chi connectivity index (χ0n) is 8.40. The summed E-state index contributed by atoms with van der Waals surface area (Å²) < 4.78 is 1.90. The van der Waals surface area contributed by atoms with Crippen LogP contribution in [0.4, 0.5) is 5.69 Å². The molecule has 1 heterocycles. The number of hydrogen-bond donors (Lipinski definition) is 2. The van der Waals surface area contributed by atoms with Gasteiger partial charge >= 0.3 is 5.97 Å². The van der Waals surface area contributed by atoms with E-state index in [4.69, 9.17) is 10.8 Å². The second kappa shape index (κ2) is 3.31. The number of rotatable bonds is 2. The molecule has 0 spiro atoms. The highest BCUT2D eigenvalue weighted by molar-refractivity contribution is 6.04. The zero-order valence-corrected chi connectivity index (χ0v) is 8.40. The van der Waals surface area contributed by atoms with Gasteiger partial charge in [-0.15, -0.1) is 0 Å². The van der Waals surface area contributed by atoms with Gasteiger partial charge in [0.15, 0.2) is 0 Å². The summed E-state index contributed by atoms with van der Waals surface area (Å²) >= 11 is 0. The van der Waals surface area contributed by atoms with Crippen molar-refractivity contribution in [3.8, 4) is 0 Å². The van der Waals surface area contributed by atoms with Crippen LogP contribution in [0.2, 0.25) is 0 Å². The number of carboxylic acid groups (broad SMARTS) is 1. The van der Waals surface area contributed by atoms with Gasteiger partial charge in [0.1, 0.15) is 0 Å². The number of nitrogens with zero attached hydrogens (tertiary/aromatic N) is 1. The van der Waals surface area contributed by atoms with Gasteiger partial charge in [0.2, 0.25) is 0 Å². The number of aromatic nitrogens is 1. The van der Waals surface area contributed by atoms with E-state index in [-0.39, 0.29) is 0 Å². The first-order chi connectivity index (χ1) is 7.13. The molecular weight excluding hydrogens is 192 g/mol. The van der Waals surface area contributed by atoms with Crippen LogP contribution in [0.5, 0.6) is 0 Å². The van der Waals surface area contributed by atoms with E-state index < -0.39 is 5.97 Å². The molecule has 4 heteroatoms. The molecule has 0 saturated heterocycles. The molecule has 0 fully saturated rings. The summed E-state index contributed by atoms with van der Waals surface area (Å²) in [7, 11) is 0. The Labute approximate surface area is 86.9 Å². The number of nitrogens with two attached hydrogens (primary N) is 1. The van der Waals surface area contributed by atoms with Crippen molar-refractivity contribution >= 4 is 22.6 Å². The summed E-state index contributed by atoms with van der Waals surface area (Å²) in [5.74, 6) is -0.919. The topological polar surface area (TPSA) is 68.2 Å². The molecule has 0 radical (unpaired) electrons. The molecule has 0 aliphatic heterocycles. The average Bonchev–Trinajstić information content (AvgIpc) is 2.55. The Balaban J connectivity index is 2.81. The third-order valence-corrected chi connectivity index (χ3v) is 2.48. The maximum absolute atomic E-state index is 11.0. The minimum Gasteiger partial charge on any atom is -0.478 e. The lowest BCUT2D eigenvalue weighted by atomic mass is 10.1. The van der Waals surface area contributed by atoms with E-state index in [0.717, 1.165) is 12.1 Å². The number of aryl methyl sites for hydroxylation is 1. The first-order valence-corrected chi connectivity index (χ1v) is 4.75. The molecule has 0 amide bonds. The van der Waals surface area contributed by atoms with Crippen LogP contribution in [0.25, 0.3) is 10.9 Å². The summed E-state index contributed by atoms with van der Waals surface area (Å²) in [6.45, 7) is 2.72. The van der Waals surface area contributed by atoms with Gasteiger partial charge in [-0.25, -0.2) is 4.79 Å². The Bertz CT molecular complexity index is 529. The fourth-order valence-corrected chi connectivity index (χ4v) is 1.75. The molecule has 2 aromatic rings. The number of fused-ring (bicyclic) bond motifs is 1. The summed E-state index contributed by atoms with van der Waals surface area (Å²) in [6, 6.07) is 5.33. The van der Waals surface area contributed by atoms with Crippen molar-refractivity contribution in [2.45, 2.75) is 13.5 Å². The Morgan fingerprint density at radius 1 is 1.53 bits per heavy atom. The smallest absolute Gasteiger partial charge is 0.337 e. The minimum atomic E-state index is -0.919. The minimum absolute atomic E-state index is 0.305. The normalized spacial score (nSPS) is 10.7. The van der Waals surface area contributed by atoms with Crippen molar-refractivity contribution in [3.05, 3.63) is 30.0 Å². The predicted octanol–water partition coefficient (Wildman–Crippen LogP) is 1.94. The quantitative estimate of drug-likeness (QED) is 0.734. The van der Waals surface area contributed by atoms with Crippen LogP contribution in [0.15, 0.2) is 24.4 Å². The van der Waals surface area contributed by atoms with Crippen molar-refractivity contribution < 1.29 is 9.90 Å². The Morgan fingerprint density at radius 3 is 2.87 bits per heavy atom. The van der Waals surface area contributed by atoms with Gasteiger partial charge < -0.3 is 15.4 Å². The highest BCUT2D eigenvalue weighted by atomic mass is 16.4. The average molecular weight is 204 g/mol. The highest BCUT2D eigenvalue weighted by Crippen LogP contribution is 2.23. The third-order valence-electron chi connectivity index (χ3n) is 2.48. The molecule has 78 valence electrons. The van der Waals surface area contributed by atoms with Crippen LogP contribution in [-0.4, -0.2) is 15.6 Å². The fraction of sp³-hybridized carbons (Fsp3) is 0.182. The summed E-state index contributed by atoms with van der Waals surface area (Å²) in [4.78, 5) is 11.0. The number of aromatic carboxylic acids is 1. The van der Waals surface area contributed by atoms with Crippen LogP contribution in [0, 0.1) is 0 Å². The van der Waals surface area contributed by atoms with E-state index in [2.05, 4.69) is 0 Å². The van der Waals surface area contributed by atoms with Crippen molar-refractivity contribution in [3.63, 3.8) is 0 Å². The van der Waals surface area contributed by atoms with Gasteiger partial charge in [0.05, 0.1) is 5.56 Å². The number of anilines is 1. The van der Waals surface area contributed by atoms with E-state index in [9.17, 15) is 4.79 Å². The monoisotopic (exact) mass is 204 g/mol. The lowest BCUT2D eigenvalue weighted by Crippen LogP contribution is -1.94. The Kier molecular flexibility index (Phi) is 2.11. The molecule has 1 aromatic carbocycles. The van der Waals surface area contributed by atoms with Crippen LogP contribution >= 0.6 is 0 Å². The van der Waals surface area contributed by atoms with Crippen molar-refractivity contribution in [1.82, 2.24) is 4.57 Å². The van der Waals surface area contributed by atoms with Crippen molar-refractivity contribution in [1.29, 1.82) is 0 Å². The maximum Gasteiger partial charge on any atom is 0.337 e. The van der Waals surface area contributed by atoms with Gasteiger partial charge in [-0.1, -0.05) is 0 Å². The van der Waals surface area contributed by atoms with E-state index >= 15 is 0 Å². The third kappa shape index (κ3) is 1.44. The van der Waals surface area contributed by atoms with Crippen LogP contribution < -0.4 is 5.73 Å². The summed E-state index contributed by atoms with van der Waals surface area (Å²) in [6.07, 6.45) is 1.65. The van der Waals surface area contributed by atoms with Crippen molar-refractivity contribution in [2.75, 3.05) is 5.73 Å². The second-order valence-corrected chi connectivity index (χ2v) is 3.41. The molecule has 2 rings (SSSR count). The molecule has 0 saturated carbocycles. The molecule has 0 unspecified atom stereocenters. The molecule has 3 N–H and O–H groups in total. The van der Waals surface area contributed by atoms with Gasteiger partial charge in [-0.3, -0.25) is 0 Å². The predicted molar refractivity (Wildman–Crippen MR) is 59.0 cm³/mol. The maximum atomic E-state index is 11.0. The van der Waals surface area contributed by atoms with E-state index in [0.29, 0.717) is 16.6 Å². The lowest BCUT2D eigenvalue weighted by molar-refractivity contribution is 0.0699. The van der Waals surface area contributed by atoms with Crippen molar-refractivity contribution in [2.24, 2.45) is 0 Å². The zero-order chi connectivity index (χ0) is 11.0. The molecule has 15 heavy (non-hydrogen) atoms. The van der Waals surface area contributed by atoms with Crippen LogP contribution in [-0.2, 0) is 6.54 Å². The highest BCUT2D eigenvalue weighted by Gasteiger charge is 2.13. The van der Waals surface area contributed by atoms with Gasteiger partial charge in [-0.05, 0) is 25.1 Å². The molecule has 0 atom stereocenters. The van der Waals surface area contributed by atoms with E-state index in [1.807, 2.05) is 17.6 Å². The molecular formula is C11H12N2O2. The summed E-state index contributed by atoms with van der Waals surface area (Å²) in [5.41, 5.74) is 7.44. The SMILES string of the molecule is CCn1cc(C(=O)O)c2cc(N)ccc21. The molecule has 0 aliphatic rings. The van der Waals surface area contributed by atoms with Gasteiger partial charge in [-0.2, -0.15) is 0 Å². The van der Waals surface area contributed by atoms with Gasteiger partial charge in [0, 0.05) is 29.3 Å². The second-order valence-electron chi connectivity index (χ2n) is 3.41. The number of hydrogen-bond acceptors (Lipinski definition) is 2.